The molecule has 0 aliphatic heterocycles. The number of pyridine rings is 1. The van der Waals surface area contributed by atoms with Gasteiger partial charge in [-0.1, -0.05) is 6.07 Å². The minimum absolute atomic E-state index is 0.0684. The summed E-state index contributed by atoms with van der Waals surface area (Å²) in [4.78, 5) is 14.4. The Morgan fingerprint density at radius 3 is 2.04 bits per heavy atom. The Hall–Kier alpha value is -1.92. The van der Waals surface area contributed by atoms with Crippen molar-refractivity contribution in [3.05, 3.63) is 70.0 Å². The Kier molecular flexibility index (Phi) is 6.78. The minimum Gasteiger partial charge on any atom is -0.415 e. The molecule has 0 atom stereocenters. The van der Waals surface area contributed by atoms with Gasteiger partial charge in [-0.25, -0.2) is 0 Å². The first-order valence-corrected chi connectivity index (χ1v) is 13.9. The molecule has 2 aromatic rings. The number of nitro groups is 1. The van der Waals surface area contributed by atoms with E-state index < -0.39 is 22.0 Å². The first kappa shape index (κ1) is 20.4. The number of non-ortho nitro benzene ring substituents is 1. The second-order valence-electron chi connectivity index (χ2n) is 6.76. The summed E-state index contributed by atoms with van der Waals surface area (Å²) in [6.07, 6.45) is 3.50. The van der Waals surface area contributed by atoms with E-state index in [1.54, 1.807) is 24.5 Å². The van der Waals surface area contributed by atoms with Crippen molar-refractivity contribution < 1.29 is 17.9 Å². The van der Waals surface area contributed by atoms with Gasteiger partial charge in [0.15, 0.2) is 0 Å². The van der Waals surface area contributed by atoms with Gasteiger partial charge in [0.05, 0.1) is 18.1 Å². The lowest BCUT2D eigenvalue weighted by molar-refractivity contribution is -0.384. The predicted octanol–water partition coefficient (Wildman–Crippen LogP) is 4.14. The van der Waals surface area contributed by atoms with Gasteiger partial charge < -0.3 is 13.0 Å². The zero-order valence-electron chi connectivity index (χ0n) is 15.5. The van der Waals surface area contributed by atoms with Gasteiger partial charge in [0.25, 0.3) is 5.69 Å². The Morgan fingerprint density at radius 1 is 0.962 bits per heavy atom. The van der Waals surface area contributed by atoms with E-state index in [1.165, 1.54) is 12.1 Å². The van der Waals surface area contributed by atoms with Crippen LogP contribution in [-0.2, 0) is 26.2 Å². The van der Waals surface area contributed by atoms with E-state index >= 15 is 0 Å². The van der Waals surface area contributed by atoms with Crippen molar-refractivity contribution in [3.63, 3.8) is 0 Å². The van der Waals surface area contributed by atoms with E-state index in [4.69, 9.17) is 13.0 Å². The number of nitrogens with zero attached hydrogens (tertiary/aromatic N) is 2. The highest BCUT2D eigenvalue weighted by atomic mass is 28.5. The summed E-state index contributed by atoms with van der Waals surface area (Å²) in [6, 6.07) is 10.2. The van der Waals surface area contributed by atoms with Crippen molar-refractivity contribution in [2.45, 2.75) is 39.4 Å². The fraction of sp³-hybridized carbons (Fsp3) is 0.353. The number of aromatic nitrogens is 1. The normalized spacial score (nSPS) is 12.2. The Labute approximate surface area is 155 Å². The van der Waals surface area contributed by atoms with Crippen molar-refractivity contribution in [2.75, 3.05) is 0 Å². The number of benzene rings is 1. The van der Waals surface area contributed by atoms with Gasteiger partial charge in [-0.2, -0.15) is 0 Å². The molecule has 1 heterocycles. The summed E-state index contributed by atoms with van der Waals surface area (Å²) in [5.74, 6) is 0. The lowest BCUT2D eigenvalue weighted by Gasteiger charge is -2.32. The maximum atomic E-state index is 10.7. The molecule has 0 bridgehead atoms. The van der Waals surface area contributed by atoms with Crippen molar-refractivity contribution >= 4 is 22.8 Å². The van der Waals surface area contributed by atoms with Crippen LogP contribution in [-0.4, -0.2) is 27.0 Å². The summed E-state index contributed by atoms with van der Waals surface area (Å²) in [5, 5.41) is 10.7. The van der Waals surface area contributed by atoms with Crippen LogP contribution in [0.5, 0.6) is 0 Å². The molecule has 2 rings (SSSR count). The van der Waals surface area contributed by atoms with Crippen LogP contribution in [0.25, 0.3) is 0 Å². The third-order valence-corrected chi connectivity index (χ3v) is 9.15. The van der Waals surface area contributed by atoms with E-state index in [-0.39, 0.29) is 5.69 Å². The van der Waals surface area contributed by atoms with E-state index in [0.29, 0.717) is 13.2 Å². The lowest BCUT2D eigenvalue weighted by Crippen LogP contribution is -2.48. The Morgan fingerprint density at radius 2 is 1.54 bits per heavy atom. The third-order valence-electron chi connectivity index (χ3n) is 3.53. The smallest absolute Gasteiger partial charge is 0.323 e. The Balaban J connectivity index is 1.86. The van der Waals surface area contributed by atoms with Crippen molar-refractivity contribution in [1.82, 2.24) is 4.98 Å². The van der Waals surface area contributed by atoms with Gasteiger partial charge in [-0.05, 0) is 55.5 Å². The van der Waals surface area contributed by atoms with Crippen molar-refractivity contribution in [1.29, 1.82) is 0 Å². The molecule has 0 N–H and O–H groups in total. The van der Waals surface area contributed by atoms with Crippen LogP contribution < -0.4 is 0 Å². The molecule has 0 amide bonds. The monoisotopic (exact) mass is 392 g/mol. The fourth-order valence-electron chi connectivity index (χ4n) is 2.36. The van der Waals surface area contributed by atoms with E-state index in [9.17, 15) is 10.1 Å². The quantitative estimate of drug-likeness (QED) is 0.362. The molecule has 0 saturated heterocycles. The zero-order chi connectivity index (χ0) is 19.2. The maximum absolute atomic E-state index is 10.7. The van der Waals surface area contributed by atoms with Crippen LogP contribution in [0.1, 0.15) is 11.1 Å². The molecule has 0 aliphatic carbocycles. The molecule has 140 valence electrons. The first-order chi connectivity index (χ1) is 12.2. The molecule has 7 nitrogen and oxygen atoms in total. The highest BCUT2D eigenvalue weighted by Crippen LogP contribution is 2.20. The molecule has 0 radical (unpaired) electrons. The fourth-order valence-corrected chi connectivity index (χ4v) is 8.60. The molecule has 26 heavy (non-hydrogen) atoms. The van der Waals surface area contributed by atoms with Crippen LogP contribution in [0.4, 0.5) is 5.69 Å². The van der Waals surface area contributed by atoms with Gasteiger partial charge in [-0.15, -0.1) is 0 Å². The van der Waals surface area contributed by atoms with Gasteiger partial charge in [-0.3, -0.25) is 15.1 Å². The summed E-state index contributed by atoms with van der Waals surface area (Å²) >= 11 is 0. The first-order valence-electron chi connectivity index (χ1n) is 8.27. The Bertz CT molecular complexity index is 724. The number of hydrogen-bond acceptors (Lipinski definition) is 6. The summed E-state index contributed by atoms with van der Waals surface area (Å²) in [6.45, 7) is 8.74. The third kappa shape index (κ3) is 6.77. The van der Waals surface area contributed by atoms with E-state index in [2.05, 4.69) is 4.98 Å². The lowest BCUT2D eigenvalue weighted by atomic mass is 10.2. The summed E-state index contributed by atoms with van der Waals surface area (Å²) in [5.41, 5.74) is 1.94. The average Bonchev–Trinajstić information content (AvgIpc) is 2.59. The van der Waals surface area contributed by atoms with Crippen molar-refractivity contribution in [2.24, 2.45) is 0 Å². The number of rotatable bonds is 9. The molecular weight excluding hydrogens is 368 g/mol. The minimum atomic E-state index is -2.41. The number of nitro benzene ring substituents is 1. The highest BCUT2D eigenvalue weighted by Gasteiger charge is 2.36. The van der Waals surface area contributed by atoms with Crippen LogP contribution in [0, 0.1) is 10.1 Å². The molecule has 0 unspecified atom stereocenters. The summed E-state index contributed by atoms with van der Waals surface area (Å²) in [7, 11) is -4.77. The van der Waals surface area contributed by atoms with Crippen LogP contribution >= 0.6 is 0 Å². The standard InChI is InChI=1S/C17H24N2O5Si2/c1-25(2,22-13-15-7-9-17(10-8-15)19(20)21)24-26(3,4)23-14-16-6-5-11-18-12-16/h5-12H,13-14H2,1-4H3. The second kappa shape index (κ2) is 8.65. The molecule has 0 aliphatic rings. The second-order valence-corrected chi connectivity index (χ2v) is 13.8. The topological polar surface area (TPSA) is 83.7 Å². The summed E-state index contributed by atoms with van der Waals surface area (Å²) < 4.78 is 18.2. The molecular formula is C17H24N2O5Si2. The predicted molar refractivity (Wildman–Crippen MR) is 103 cm³/mol. The average molecular weight is 393 g/mol. The highest BCUT2D eigenvalue weighted by molar-refractivity contribution is 6.78. The number of hydrogen-bond donors (Lipinski definition) is 0. The molecule has 1 aromatic carbocycles. The SMILES string of the molecule is C[Si](C)(OCc1ccc([N+](=O)[O-])cc1)O[Si](C)(C)OCc1cccnc1. The molecule has 9 heteroatoms. The molecule has 0 saturated carbocycles. The van der Waals surface area contributed by atoms with Gasteiger partial charge >= 0.3 is 17.1 Å². The van der Waals surface area contributed by atoms with E-state index in [1.807, 2.05) is 38.3 Å². The van der Waals surface area contributed by atoms with Crippen LogP contribution in [0.2, 0.25) is 26.2 Å². The van der Waals surface area contributed by atoms with Crippen molar-refractivity contribution in [3.8, 4) is 0 Å². The van der Waals surface area contributed by atoms with Gasteiger partial charge in [0.1, 0.15) is 0 Å². The van der Waals surface area contributed by atoms with Crippen LogP contribution in [0.3, 0.4) is 0 Å². The molecule has 0 fully saturated rings. The van der Waals surface area contributed by atoms with Gasteiger partial charge in [0.2, 0.25) is 0 Å². The molecule has 0 spiro atoms. The van der Waals surface area contributed by atoms with Gasteiger partial charge in [0, 0.05) is 24.5 Å². The maximum Gasteiger partial charge on any atom is 0.323 e. The van der Waals surface area contributed by atoms with E-state index in [0.717, 1.165) is 11.1 Å². The molecule has 1 aromatic heterocycles. The zero-order valence-corrected chi connectivity index (χ0v) is 17.5. The largest absolute Gasteiger partial charge is 0.415 e. The van der Waals surface area contributed by atoms with Crippen LogP contribution in [0.15, 0.2) is 48.8 Å².